The maximum Gasteiger partial charge on any atom is 0.243 e. The lowest BCUT2D eigenvalue weighted by atomic mass is 10.00. The quantitative estimate of drug-likeness (QED) is 0.288. The second-order valence-electron chi connectivity index (χ2n) is 11.3. The number of hydrogen-bond donors (Lipinski definition) is 1. The number of benzene rings is 3. The predicted octanol–water partition coefficient (Wildman–Crippen LogP) is 5.75. The molecule has 0 spiro atoms. The van der Waals surface area contributed by atoms with Gasteiger partial charge in [-0.05, 0) is 62.9 Å². The normalized spacial score (nSPS) is 12.4. The van der Waals surface area contributed by atoms with Crippen LogP contribution in [0.25, 0.3) is 0 Å². The Morgan fingerprint density at radius 2 is 1.54 bits per heavy atom. The maximum absolute atomic E-state index is 13.9. The minimum Gasteiger partial charge on any atom is -0.350 e. The van der Waals surface area contributed by atoms with Crippen molar-refractivity contribution in [2.75, 3.05) is 17.1 Å². The van der Waals surface area contributed by atoms with E-state index in [2.05, 4.69) is 5.32 Å². The molecule has 0 saturated carbocycles. The van der Waals surface area contributed by atoms with Crippen LogP contribution in [0.1, 0.15) is 50.3 Å². The van der Waals surface area contributed by atoms with Crippen LogP contribution in [-0.4, -0.2) is 49.5 Å². The van der Waals surface area contributed by atoms with E-state index in [1.165, 1.54) is 4.31 Å². The molecule has 9 heteroatoms. The Bertz CT molecular complexity index is 1440. The van der Waals surface area contributed by atoms with Crippen LogP contribution in [0, 0.1) is 6.92 Å². The van der Waals surface area contributed by atoms with Gasteiger partial charge in [0.2, 0.25) is 21.8 Å². The average molecular weight is 598 g/mol. The number of anilines is 1. The second-order valence-corrected chi connectivity index (χ2v) is 13.6. The molecule has 7 nitrogen and oxygen atoms in total. The monoisotopic (exact) mass is 597 g/mol. The second kappa shape index (κ2) is 14.0. The highest BCUT2D eigenvalue weighted by molar-refractivity contribution is 7.92. The van der Waals surface area contributed by atoms with Crippen molar-refractivity contribution in [1.29, 1.82) is 0 Å². The van der Waals surface area contributed by atoms with Crippen LogP contribution in [-0.2, 0) is 32.6 Å². The number of nitrogens with one attached hydrogen (secondary N) is 1. The summed E-state index contributed by atoms with van der Waals surface area (Å²) in [5.74, 6) is -0.521. The van der Waals surface area contributed by atoms with Crippen LogP contribution in [0.3, 0.4) is 0 Å². The third-order valence-corrected chi connectivity index (χ3v) is 8.15. The van der Waals surface area contributed by atoms with Gasteiger partial charge in [-0.15, -0.1) is 0 Å². The molecule has 0 aliphatic rings. The van der Waals surface area contributed by atoms with Crippen molar-refractivity contribution in [2.24, 2.45) is 0 Å². The zero-order chi connectivity index (χ0) is 30.2. The van der Waals surface area contributed by atoms with Gasteiger partial charge < -0.3 is 10.2 Å². The molecule has 3 aromatic carbocycles. The van der Waals surface area contributed by atoms with Crippen LogP contribution in [0.15, 0.2) is 78.9 Å². The number of halogens is 1. The van der Waals surface area contributed by atoms with Crippen LogP contribution in [0.5, 0.6) is 0 Å². The summed E-state index contributed by atoms with van der Waals surface area (Å²) in [6.07, 6.45) is 1.81. The lowest BCUT2D eigenvalue weighted by Gasteiger charge is -2.34. The highest BCUT2D eigenvalue weighted by atomic mass is 35.5. The molecule has 0 unspecified atom stereocenters. The minimum atomic E-state index is -3.58. The van der Waals surface area contributed by atoms with E-state index in [1.54, 1.807) is 23.1 Å². The van der Waals surface area contributed by atoms with Crippen LogP contribution < -0.4 is 9.62 Å². The minimum absolute atomic E-state index is 0.0520. The van der Waals surface area contributed by atoms with Crippen molar-refractivity contribution < 1.29 is 18.0 Å². The van der Waals surface area contributed by atoms with E-state index in [-0.39, 0.29) is 37.7 Å². The maximum atomic E-state index is 13.9. The summed E-state index contributed by atoms with van der Waals surface area (Å²) < 4.78 is 26.7. The average Bonchev–Trinajstić information content (AvgIpc) is 2.89. The molecule has 2 amide bonds. The highest BCUT2D eigenvalue weighted by Crippen LogP contribution is 2.24. The van der Waals surface area contributed by atoms with Gasteiger partial charge in [0.15, 0.2) is 0 Å². The molecule has 3 aromatic rings. The number of nitrogens with zero attached hydrogens (tertiary/aromatic N) is 2. The molecule has 1 atom stereocenters. The lowest BCUT2D eigenvalue weighted by Crippen LogP contribution is -2.54. The summed E-state index contributed by atoms with van der Waals surface area (Å²) >= 11 is 6.49. The van der Waals surface area contributed by atoms with Gasteiger partial charge in [0, 0.05) is 36.5 Å². The van der Waals surface area contributed by atoms with Gasteiger partial charge in [-0.3, -0.25) is 13.9 Å². The summed E-state index contributed by atoms with van der Waals surface area (Å²) in [6.45, 7) is 7.82. The Balaban J connectivity index is 1.92. The van der Waals surface area contributed by atoms with E-state index in [0.29, 0.717) is 17.1 Å². The lowest BCUT2D eigenvalue weighted by molar-refractivity contribution is -0.142. The van der Waals surface area contributed by atoms with Gasteiger partial charge in [-0.2, -0.15) is 0 Å². The fourth-order valence-corrected chi connectivity index (χ4v) is 5.86. The van der Waals surface area contributed by atoms with Crippen molar-refractivity contribution in [1.82, 2.24) is 10.2 Å². The fraction of sp³-hybridized carbons (Fsp3) is 0.375. The Kier molecular flexibility index (Phi) is 11.0. The summed E-state index contributed by atoms with van der Waals surface area (Å²) in [5.41, 5.74) is 2.55. The third kappa shape index (κ3) is 9.61. The molecule has 0 saturated heterocycles. The van der Waals surface area contributed by atoms with Crippen molar-refractivity contribution in [2.45, 2.75) is 65.1 Å². The van der Waals surface area contributed by atoms with Gasteiger partial charge in [0.25, 0.3) is 0 Å². The molecule has 41 heavy (non-hydrogen) atoms. The first-order chi connectivity index (χ1) is 19.3. The van der Waals surface area contributed by atoms with Gasteiger partial charge in [0.05, 0.1) is 11.9 Å². The molecule has 0 fully saturated rings. The van der Waals surface area contributed by atoms with Crippen molar-refractivity contribution in [3.8, 4) is 0 Å². The zero-order valence-corrected chi connectivity index (χ0v) is 26.0. The molecule has 0 radical (unpaired) electrons. The van der Waals surface area contributed by atoms with Crippen LogP contribution in [0.2, 0.25) is 5.02 Å². The molecular formula is C32H40ClN3O4S. The first-order valence-electron chi connectivity index (χ1n) is 13.7. The summed E-state index contributed by atoms with van der Waals surface area (Å²) in [6, 6.07) is 23.3. The Morgan fingerprint density at radius 1 is 0.927 bits per heavy atom. The Labute approximate surface area is 249 Å². The summed E-state index contributed by atoms with van der Waals surface area (Å²) in [4.78, 5) is 29.2. The Morgan fingerprint density at radius 3 is 2.15 bits per heavy atom. The van der Waals surface area contributed by atoms with E-state index in [0.717, 1.165) is 22.9 Å². The van der Waals surface area contributed by atoms with Crippen LogP contribution >= 0.6 is 11.6 Å². The van der Waals surface area contributed by atoms with E-state index >= 15 is 0 Å². The third-order valence-electron chi connectivity index (χ3n) is 6.60. The number of rotatable bonds is 12. The number of aryl methyl sites for hydroxylation is 1. The van der Waals surface area contributed by atoms with Crippen molar-refractivity contribution >= 4 is 39.1 Å². The standard InChI is InChI=1S/C32H40ClN3O4S/c1-24-14-9-12-19-28(24)36(41(5,39)40)21-13-20-30(37)35(23-26-17-10-11-18-27(26)33)29(31(38)34-32(2,3)4)22-25-15-7-6-8-16-25/h6-12,14-19,29H,13,20-23H2,1-5H3,(H,34,38)/t29-/m0/s1. The first kappa shape index (κ1) is 32.2. The van der Waals surface area contributed by atoms with Crippen LogP contribution in [0.4, 0.5) is 5.69 Å². The van der Waals surface area contributed by atoms with Crippen molar-refractivity contribution in [3.05, 3.63) is 101 Å². The van der Waals surface area contributed by atoms with E-state index in [9.17, 15) is 18.0 Å². The molecule has 0 heterocycles. The number of para-hydroxylation sites is 1. The molecule has 220 valence electrons. The zero-order valence-electron chi connectivity index (χ0n) is 24.4. The summed E-state index contributed by atoms with van der Waals surface area (Å²) in [5, 5.41) is 3.55. The Hall–Kier alpha value is -3.36. The smallest absolute Gasteiger partial charge is 0.243 e. The van der Waals surface area contributed by atoms with E-state index < -0.39 is 21.6 Å². The predicted molar refractivity (Wildman–Crippen MR) is 166 cm³/mol. The largest absolute Gasteiger partial charge is 0.350 e. The SMILES string of the molecule is Cc1ccccc1N(CCCC(=O)N(Cc1ccccc1Cl)[C@@H](Cc1ccccc1)C(=O)NC(C)(C)C)S(C)(=O)=O. The topological polar surface area (TPSA) is 86.8 Å². The fourth-order valence-electron chi connectivity index (χ4n) is 4.64. The van der Waals surface area contributed by atoms with Gasteiger partial charge >= 0.3 is 0 Å². The number of amides is 2. The number of carbonyl (C=O) groups is 2. The van der Waals surface area contributed by atoms with Gasteiger partial charge in [-0.1, -0.05) is 78.3 Å². The number of hydrogen-bond acceptors (Lipinski definition) is 4. The molecule has 3 rings (SSSR count). The molecule has 0 bridgehead atoms. The first-order valence-corrected chi connectivity index (χ1v) is 15.9. The molecule has 0 aliphatic heterocycles. The van der Waals surface area contributed by atoms with E-state index in [1.807, 2.05) is 88.4 Å². The van der Waals surface area contributed by atoms with Crippen molar-refractivity contribution in [3.63, 3.8) is 0 Å². The molecule has 0 aliphatic carbocycles. The molecular weight excluding hydrogens is 558 g/mol. The number of sulfonamides is 1. The van der Waals surface area contributed by atoms with Gasteiger partial charge in [-0.25, -0.2) is 8.42 Å². The highest BCUT2D eigenvalue weighted by Gasteiger charge is 2.32. The van der Waals surface area contributed by atoms with E-state index in [4.69, 9.17) is 11.6 Å². The van der Waals surface area contributed by atoms with Gasteiger partial charge in [0.1, 0.15) is 6.04 Å². The molecule has 0 aromatic heterocycles. The molecule has 1 N–H and O–H groups in total. The number of carbonyl (C=O) groups excluding carboxylic acids is 2. The summed E-state index contributed by atoms with van der Waals surface area (Å²) in [7, 11) is -3.58.